The highest BCUT2D eigenvalue weighted by Crippen LogP contribution is 2.41. The molecule has 0 saturated heterocycles. The normalized spacial score (nSPS) is 17.0. The van der Waals surface area contributed by atoms with Crippen LogP contribution in [0.25, 0.3) is 0 Å². The SMILES string of the molecule is CCOC(=O)/C=C/CC1CCCc2cc(OC(=O)C(C)(C)C)cc(Br)c21. The summed E-state index contributed by atoms with van der Waals surface area (Å²) in [6.07, 6.45) is 7.29. The van der Waals surface area contributed by atoms with Gasteiger partial charge in [-0.25, -0.2) is 4.79 Å². The van der Waals surface area contributed by atoms with Crippen LogP contribution in [0.1, 0.15) is 64.0 Å². The molecule has 0 N–H and O–H groups in total. The highest BCUT2D eigenvalue weighted by Gasteiger charge is 2.26. The van der Waals surface area contributed by atoms with E-state index in [2.05, 4.69) is 15.9 Å². The number of carbonyl (C=O) groups is 2. The smallest absolute Gasteiger partial charge is 0.330 e. The van der Waals surface area contributed by atoms with Crippen LogP contribution in [0.3, 0.4) is 0 Å². The minimum Gasteiger partial charge on any atom is -0.463 e. The first-order chi connectivity index (χ1) is 12.2. The van der Waals surface area contributed by atoms with Gasteiger partial charge in [-0.05, 0) is 82.6 Å². The predicted molar refractivity (Wildman–Crippen MR) is 105 cm³/mol. The van der Waals surface area contributed by atoms with E-state index in [0.29, 0.717) is 18.3 Å². The van der Waals surface area contributed by atoms with Crippen LogP contribution in [0.4, 0.5) is 0 Å². The molecule has 1 aliphatic rings. The third kappa shape index (κ3) is 5.44. The van der Waals surface area contributed by atoms with E-state index in [1.165, 1.54) is 17.2 Å². The van der Waals surface area contributed by atoms with E-state index >= 15 is 0 Å². The molecule has 0 heterocycles. The molecule has 0 saturated carbocycles. The Bertz CT molecular complexity index is 701. The number of carbonyl (C=O) groups excluding carboxylic acids is 2. The summed E-state index contributed by atoms with van der Waals surface area (Å²) < 4.78 is 11.4. The molecule has 1 aliphatic carbocycles. The number of fused-ring (bicyclic) bond motifs is 1. The lowest BCUT2D eigenvalue weighted by Crippen LogP contribution is -2.25. The van der Waals surface area contributed by atoms with Crippen LogP contribution in [0.15, 0.2) is 28.8 Å². The van der Waals surface area contributed by atoms with Gasteiger partial charge < -0.3 is 9.47 Å². The molecule has 1 unspecified atom stereocenters. The average molecular weight is 423 g/mol. The van der Waals surface area contributed by atoms with E-state index in [0.717, 1.165) is 30.2 Å². The van der Waals surface area contributed by atoms with Crippen LogP contribution in [0.5, 0.6) is 5.75 Å². The lowest BCUT2D eigenvalue weighted by molar-refractivity contribution is -0.143. The van der Waals surface area contributed by atoms with Crippen molar-refractivity contribution in [3.05, 3.63) is 39.9 Å². The van der Waals surface area contributed by atoms with Gasteiger partial charge in [-0.1, -0.05) is 22.0 Å². The molecule has 0 amide bonds. The Balaban J connectivity index is 2.16. The largest absolute Gasteiger partial charge is 0.463 e. The fourth-order valence-electron chi connectivity index (χ4n) is 3.07. The van der Waals surface area contributed by atoms with Crippen molar-refractivity contribution >= 4 is 27.9 Å². The standard InChI is InChI=1S/C21H27BrO4/c1-5-25-18(23)11-7-9-14-8-6-10-15-12-16(13-17(22)19(14)15)26-20(24)21(2,3)4/h7,11-14H,5-6,8-10H2,1-4H3/b11-7+. The van der Waals surface area contributed by atoms with Gasteiger partial charge >= 0.3 is 11.9 Å². The Hall–Kier alpha value is -1.62. The number of benzene rings is 1. The molecule has 0 fully saturated rings. The summed E-state index contributed by atoms with van der Waals surface area (Å²) >= 11 is 3.65. The second-order valence-electron chi connectivity index (χ2n) is 7.60. The number of rotatable bonds is 5. The van der Waals surface area contributed by atoms with E-state index in [-0.39, 0.29) is 11.9 Å². The van der Waals surface area contributed by atoms with Crippen molar-refractivity contribution in [2.24, 2.45) is 5.41 Å². The number of hydrogen-bond donors (Lipinski definition) is 0. The van der Waals surface area contributed by atoms with Crippen molar-refractivity contribution in [1.29, 1.82) is 0 Å². The van der Waals surface area contributed by atoms with Crippen LogP contribution >= 0.6 is 15.9 Å². The van der Waals surface area contributed by atoms with Gasteiger partial charge in [0.05, 0.1) is 12.0 Å². The maximum atomic E-state index is 12.1. The van der Waals surface area contributed by atoms with Crippen LogP contribution in [0.2, 0.25) is 0 Å². The van der Waals surface area contributed by atoms with E-state index in [9.17, 15) is 9.59 Å². The Kier molecular flexibility index (Phi) is 7.04. The first kappa shape index (κ1) is 20.7. The lowest BCUT2D eigenvalue weighted by Gasteiger charge is -2.27. The Morgan fingerprint density at radius 2 is 2.04 bits per heavy atom. The highest BCUT2D eigenvalue weighted by molar-refractivity contribution is 9.10. The molecular weight excluding hydrogens is 396 g/mol. The van der Waals surface area contributed by atoms with Crippen molar-refractivity contribution < 1.29 is 19.1 Å². The van der Waals surface area contributed by atoms with Crippen molar-refractivity contribution in [3.63, 3.8) is 0 Å². The zero-order valence-corrected chi connectivity index (χ0v) is 17.5. The van der Waals surface area contributed by atoms with Gasteiger partial charge in [0.1, 0.15) is 5.75 Å². The topological polar surface area (TPSA) is 52.6 Å². The minimum atomic E-state index is -0.539. The van der Waals surface area contributed by atoms with Crippen LogP contribution < -0.4 is 4.74 Å². The van der Waals surface area contributed by atoms with Gasteiger partial charge in [-0.3, -0.25) is 4.79 Å². The van der Waals surface area contributed by atoms with Gasteiger partial charge in [-0.15, -0.1) is 0 Å². The molecule has 1 atom stereocenters. The van der Waals surface area contributed by atoms with Crippen molar-refractivity contribution in [1.82, 2.24) is 0 Å². The summed E-state index contributed by atoms with van der Waals surface area (Å²) in [6, 6.07) is 3.85. The third-order valence-corrected chi connectivity index (χ3v) is 5.04. The maximum Gasteiger partial charge on any atom is 0.330 e. The van der Waals surface area contributed by atoms with Gasteiger partial charge in [0.15, 0.2) is 0 Å². The van der Waals surface area contributed by atoms with Crippen molar-refractivity contribution in [2.45, 2.75) is 59.3 Å². The minimum absolute atomic E-state index is 0.242. The van der Waals surface area contributed by atoms with E-state index in [1.807, 2.05) is 39.0 Å². The Morgan fingerprint density at radius 3 is 2.69 bits per heavy atom. The summed E-state index contributed by atoms with van der Waals surface area (Å²) in [6.45, 7) is 7.71. The van der Waals surface area contributed by atoms with Crippen molar-refractivity contribution in [2.75, 3.05) is 6.61 Å². The molecule has 0 aliphatic heterocycles. The van der Waals surface area contributed by atoms with Crippen LogP contribution in [-0.2, 0) is 20.7 Å². The molecule has 2 rings (SSSR count). The number of hydrogen-bond acceptors (Lipinski definition) is 4. The second kappa shape index (κ2) is 8.85. The first-order valence-corrected chi connectivity index (χ1v) is 9.89. The van der Waals surface area contributed by atoms with Gasteiger partial charge in [0, 0.05) is 10.5 Å². The zero-order valence-electron chi connectivity index (χ0n) is 15.9. The average Bonchev–Trinajstić information content (AvgIpc) is 2.54. The molecule has 4 nitrogen and oxygen atoms in total. The van der Waals surface area contributed by atoms with Crippen molar-refractivity contribution in [3.8, 4) is 5.75 Å². The fourth-order valence-corrected chi connectivity index (χ4v) is 3.87. The molecule has 142 valence electrons. The lowest BCUT2D eigenvalue weighted by atomic mass is 9.81. The molecule has 0 radical (unpaired) electrons. The zero-order chi connectivity index (χ0) is 19.3. The molecule has 0 spiro atoms. The second-order valence-corrected chi connectivity index (χ2v) is 8.45. The van der Waals surface area contributed by atoms with Crippen LogP contribution in [0, 0.1) is 5.41 Å². The third-order valence-electron chi connectivity index (χ3n) is 4.38. The number of aryl methyl sites for hydroxylation is 1. The summed E-state index contributed by atoms with van der Waals surface area (Å²) in [5, 5.41) is 0. The molecule has 1 aromatic rings. The Morgan fingerprint density at radius 1 is 1.31 bits per heavy atom. The molecule has 1 aromatic carbocycles. The van der Waals surface area contributed by atoms with E-state index in [4.69, 9.17) is 9.47 Å². The maximum absolute atomic E-state index is 12.1. The summed E-state index contributed by atoms with van der Waals surface area (Å²) in [4.78, 5) is 23.6. The molecule has 26 heavy (non-hydrogen) atoms. The number of ether oxygens (including phenoxy) is 2. The monoisotopic (exact) mass is 422 g/mol. The molecule has 5 heteroatoms. The molecule has 0 bridgehead atoms. The van der Waals surface area contributed by atoms with E-state index in [1.54, 1.807) is 6.92 Å². The quantitative estimate of drug-likeness (QED) is 0.365. The number of allylic oxidation sites excluding steroid dienone is 1. The summed E-state index contributed by atoms with van der Waals surface area (Å²) in [5.41, 5.74) is 1.92. The fraction of sp³-hybridized carbons (Fsp3) is 0.524. The molecular formula is C21H27BrO4. The van der Waals surface area contributed by atoms with Gasteiger partial charge in [0.25, 0.3) is 0 Å². The molecule has 0 aromatic heterocycles. The van der Waals surface area contributed by atoms with Gasteiger partial charge in [0.2, 0.25) is 0 Å². The number of halogens is 1. The van der Waals surface area contributed by atoms with Crippen LogP contribution in [-0.4, -0.2) is 18.5 Å². The number of esters is 2. The predicted octanol–water partition coefficient (Wildman–Crippen LogP) is 5.33. The van der Waals surface area contributed by atoms with Gasteiger partial charge in [-0.2, -0.15) is 0 Å². The summed E-state index contributed by atoms with van der Waals surface area (Å²) in [7, 11) is 0. The summed E-state index contributed by atoms with van der Waals surface area (Å²) in [5.74, 6) is 0.380. The first-order valence-electron chi connectivity index (χ1n) is 9.10. The highest BCUT2D eigenvalue weighted by atomic mass is 79.9. The Labute approximate surface area is 164 Å². The van der Waals surface area contributed by atoms with E-state index < -0.39 is 5.41 Å².